The zero-order chi connectivity index (χ0) is 36.3. The second-order valence-corrected chi connectivity index (χ2v) is 13.9. The molecular weight excluding hydrogens is 780 g/mol. The molecule has 4 aromatic rings. The van der Waals surface area contributed by atoms with Gasteiger partial charge >= 0.3 is 88.7 Å². The molecule has 0 bridgehead atoms. The van der Waals surface area contributed by atoms with Crippen molar-refractivity contribution in [3.05, 3.63) is 105 Å². The quantitative estimate of drug-likeness (QED) is 0.0270. The predicted octanol–water partition coefficient (Wildman–Crippen LogP) is -4.34. The van der Waals surface area contributed by atoms with Crippen LogP contribution in [0.4, 0.5) is 28.4 Å². The monoisotopic (exact) mass is 800 g/mol. The minimum Gasteiger partial charge on any atom is -0.744 e. The topological polar surface area (TPSA) is 281 Å². The molecule has 4 rings (SSSR count). The molecule has 0 fully saturated rings. The summed E-state index contributed by atoms with van der Waals surface area (Å²) in [5.74, 6) is 0.0802. The Morgan fingerprint density at radius 1 is 0.692 bits per heavy atom. The van der Waals surface area contributed by atoms with Crippen molar-refractivity contribution in [1.29, 1.82) is 0 Å². The van der Waals surface area contributed by atoms with Gasteiger partial charge in [-0.15, -0.1) is 5.43 Å². The van der Waals surface area contributed by atoms with Crippen LogP contribution >= 0.6 is 0 Å². The summed E-state index contributed by atoms with van der Waals surface area (Å²) in [5, 5.41) is 19.1. The normalized spacial score (nSPS) is 11.6. The van der Waals surface area contributed by atoms with Gasteiger partial charge in [0, 0.05) is 30.3 Å². The summed E-state index contributed by atoms with van der Waals surface area (Å²) < 4.78 is 110. The van der Waals surface area contributed by atoms with Crippen molar-refractivity contribution in [2.24, 2.45) is 10.2 Å². The van der Waals surface area contributed by atoms with Crippen molar-refractivity contribution in [1.82, 2.24) is 0 Å². The number of nitroso groups, excluding NO2 is 1. The maximum Gasteiger partial charge on any atom is 1.00 e. The van der Waals surface area contributed by atoms with Gasteiger partial charge in [0.2, 0.25) is 0 Å². The van der Waals surface area contributed by atoms with E-state index in [0.717, 1.165) is 54.6 Å². The molecule has 0 amide bonds. The van der Waals surface area contributed by atoms with Gasteiger partial charge in [0.15, 0.2) is 4.87 Å². The number of non-ortho nitro benzene ring substituents is 1. The molecular formula is C28H21N5Na3O13S3+. The molecule has 4 aromatic carbocycles. The maximum atomic E-state index is 13.1. The number of nitro groups is 1. The van der Waals surface area contributed by atoms with Crippen LogP contribution in [0.15, 0.2) is 97.7 Å². The fourth-order valence-electron chi connectivity index (χ4n) is 4.18. The van der Waals surface area contributed by atoms with E-state index in [1.165, 1.54) is 31.4 Å². The van der Waals surface area contributed by atoms with E-state index in [9.17, 15) is 53.9 Å². The fourth-order valence-corrected chi connectivity index (χ4v) is 6.03. The largest absolute Gasteiger partial charge is 1.00 e. The van der Waals surface area contributed by atoms with E-state index in [1.807, 2.05) is 0 Å². The molecule has 0 saturated carbocycles. The molecule has 0 aliphatic heterocycles. The van der Waals surface area contributed by atoms with Crippen LogP contribution in [0.25, 0.3) is 12.2 Å². The molecule has 0 heterocycles. The number of hydrogen-bond acceptors (Lipinski definition) is 15. The molecule has 0 aliphatic carbocycles. The standard InChI is InChI=1S/C28H23N5O13S3.3Na/c1-17-13-25(26(46-2)16-24(17)30-29-20-7-11-23(12-8-20)47(37,38)39)31-32(34)21-9-5-18(27(14-21)48(40,41)42)3-4-19-6-10-22(33(35)36)15-28(19)49(43,44)45;;;/h3-16H,1-2H3,(H3-,31,34,37,38,39,40,41,42,43,44,45);;;/q;3*+1/p-2/b4-3+;;;. The van der Waals surface area contributed by atoms with Gasteiger partial charge in [-0.1, -0.05) is 12.2 Å². The van der Waals surface area contributed by atoms with Crippen molar-refractivity contribution in [3.8, 4) is 5.75 Å². The molecule has 0 atom stereocenters. The van der Waals surface area contributed by atoms with E-state index in [0.29, 0.717) is 11.6 Å². The third-order valence-corrected chi connectivity index (χ3v) is 9.19. The van der Waals surface area contributed by atoms with Gasteiger partial charge in [-0.05, 0) is 66.1 Å². The van der Waals surface area contributed by atoms with E-state index in [-0.39, 0.29) is 133 Å². The number of nitrogens with one attached hydrogen (secondary N) is 1. The molecule has 52 heavy (non-hydrogen) atoms. The predicted molar refractivity (Wildman–Crippen MR) is 168 cm³/mol. The number of nitro benzene ring substituents is 1. The Labute approximate surface area is 363 Å². The van der Waals surface area contributed by atoms with Crippen LogP contribution in [-0.4, -0.2) is 55.8 Å². The summed E-state index contributed by atoms with van der Waals surface area (Å²) in [5.41, 5.74) is 1.83. The third kappa shape index (κ3) is 12.3. The van der Waals surface area contributed by atoms with Gasteiger partial charge in [-0.2, -0.15) is 10.2 Å². The average Bonchev–Trinajstić information content (AvgIpc) is 3.02. The Balaban J connectivity index is 0.00000451. The van der Waals surface area contributed by atoms with Gasteiger partial charge < -0.3 is 18.4 Å². The summed E-state index contributed by atoms with van der Waals surface area (Å²) in [6.45, 7) is 1.61. The molecule has 0 spiro atoms. The van der Waals surface area contributed by atoms with Crippen molar-refractivity contribution < 1.29 is 142 Å². The number of hydrogen-bond donors (Lipinski definition) is 1. The molecule has 0 aromatic heterocycles. The number of benzene rings is 4. The third-order valence-electron chi connectivity index (χ3n) is 6.56. The van der Waals surface area contributed by atoms with Crippen LogP contribution in [0.1, 0.15) is 16.7 Å². The van der Waals surface area contributed by atoms with Crippen molar-refractivity contribution in [2.75, 3.05) is 12.5 Å². The SMILES string of the molecule is COc1cc(N=Nc2ccc(S(=O)(=O)[O-])cc2)c(C)cc1N[N+](=O)c1ccc(/C=C/c2ccc([N+](=O)[O-])cc2S(=O)(=O)[O-])c(S(=O)(=O)[O-])c1.[Na+].[Na+].[Na+]. The zero-order valence-electron chi connectivity index (χ0n) is 27.9. The van der Waals surface area contributed by atoms with Crippen molar-refractivity contribution in [3.63, 3.8) is 0 Å². The van der Waals surface area contributed by atoms with Crippen molar-refractivity contribution in [2.45, 2.75) is 21.6 Å². The summed E-state index contributed by atoms with van der Waals surface area (Å²) in [6.07, 6.45) is 1.94. The number of anilines is 1. The van der Waals surface area contributed by atoms with Crippen LogP contribution in [0.2, 0.25) is 0 Å². The number of methoxy groups -OCH3 is 1. The van der Waals surface area contributed by atoms with Crippen LogP contribution in [0.3, 0.4) is 0 Å². The van der Waals surface area contributed by atoms with E-state index in [4.69, 9.17) is 4.74 Å². The first-order valence-electron chi connectivity index (χ1n) is 13.2. The summed E-state index contributed by atoms with van der Waals surface area (Å²) in [4.78, 5) is 21.0. The van der Waals surface area contributed by atoms with E-state index < -0.39 is 55.7 Å². The second kappa shape index (κ2) is 19.2. The molecule has 24 heteroatoms. The van der Waals surface area contributed by atoms with Gasteiger partial charge in [0.25, 0.3) is 11.4 Å². The number of aryl methyl sites for hydroxylation is 1. The molecule has 1 N–H and O–H groups in total. The number of ether oxygens (including phenoxy) is 1. The van der Waals surface area contributed by atoms with Crippen LogP contribution in [-0.2, 0) is 30.4 Å². The van der Waals surface area contributed by atoms with Gasteiger partial charge in [-0.3, -0.25) is 10.1 Å². The second-order valence-electron chi connectivity index (χ2n) is 9.84. The fraction of sp³-hybridized carbons (Fsp3) is 0.0714. The number of hydrazine groups is 1. The zero-order valence-corrected chi connectivity index (χ0v) is 36.4. The van der Waals surface area contributed by atoms with Gasteiger partial charge in [0.05, 0.1) is 43.0 Å². The smallest absolute Gasteiger partial charge is 0.744 e. The Bertz CT molecular complexity index is 2390. The van der Waals surface area contributed by atoms with Gasteiger partial charge in [0.1, 0.15) is 41.8 Å². The first-order chi connectivity index (χ1) is 22.8. The minimum absolute atomic E-state index is 0. The minimum atomic E-state index is -5.24. The van der Waals surface area contributed by atoms with E-state index in [1.54, 1.807) is 6.92 Å². The maximum absolute atomic E-state index is 13.1. The Kier molecular flexibility index (Phi) is 17.6. The Morgan fingerprint density at radius 3 is 1.65 bits per heavy atom. The number of nitrogens with zero attached hydrogens (tertiary/aromatic N) is 4. The molecule has 18 nitrogen and oxygen atoms in total. The number of azo groups is 1. The average molecular weight is 801 g/mol. The van der Waals surface area contributed by atoms with Crippen LogP contribution in [0, 0.1) is 21.9 Å². The summed E-state index contributed by atoms with van der Waals surface area (Å²) in [6, 6.07) is 12.9. The van der Waals surface area contributed by atoms with Gasteiger partial charge in [-0.25, -0.2) is 25.3 Å². The van der Waals surface area contributed by atoms with E-state index >= 15 is 0 Å². The van der Waals surface area contributed by atoms with Crippen LogP contribution < -0.4 is 98.8 Å². The summed E-state index contributed by atoms with van der Waals surface area (Å²) in [7, 11) is -13.8. The Morgan fingerprint density at radius 2 is 1.19 bits per heavy atom. The first kappa shape index (κ1) is 47.6. The first-order valence-corrected chi connectivity index (χ1v) is 17.4. The molecule has 0 saturated heterocycles. The molecule has 0 radical (unpaired) electrons. The van der Waals surface area contributed by atoms with Crippen molar-refractivity contribution >= 4 is 70.9 Å². The molecule has 256 valence electrons. The van der Waals surface area contributed by atoms with E-state index in [2.05, 4.69) is 15.7 Å². The summed E-state index contributed by atoms with van der Waals surface area (Å²) >= 11 is 0. The Hall–Kier alpha value is -2.45. The number of rotatable bonds is 12. The molecule has 0 aliphatic rings. The molecule has 0 unspecified atom stereocenters. The van der Waals surface area contributed by atoms with Crippen LogP contribution in [0.5, 0.6) is 5.75 Å².